The standard InChI is InChI=1S/C36H33Cl3N4O7/c1-19(2)32(42-34(48)20-10-12-23(37)13-11-20)36(49)43(24-14-21-6-3-4-7-22(21)15-24)18-29(44)41-27(16-30(45)46)33(47)35-40-17-28(50-35)31-25(38)8-5-9-26(31)39/h3-13,17,19,24,27,32H,14-16,18H2,1-2H3,(H,41,44)(H,42,48)(H,45,46)/t27-,32-/m0/s1. The normalized spacial score (nSPS) is 13.7. The van der Waals surface area contributed by atoms with E-state index in [0.717, 1.165) is 11.1 Å². The van der Waals surface area contributed by atoms with E-state index in [1.807, 2.05) is 24.3 Å². The van der Waals surface area contributed by atoms with Gasteiger partial charge in [-0.1, -0.05) is 79.0 Å². The van der Waals surface area contributed by atoms with Gasteiger partial charge >= 0.3 is 5.97 Å². The van der Waals surface area contributed by atoms with Crippen LogP contribution < -0.4 is 10.6 Å². The molecule has 0 bridgehead atoms. The van der Waals surface area contributed by atoms with Gasteiger partial charge in [-0.05, 0) is 66.3 Å². The lowest BCUT2D eigenvalue weighted by Gasteiger charge is -2.34. The smallest absolute Gasteiger partial charge is 0.305 e. The molecule has 0 unspecified atom stereocenters. The van der Waals surface area contributed by atoms with Gasteiger partial charge in [0.1, 0.15) is 12.1 Å². The number of carboxylic acid groups (broad SMARTS) is 1. The zero-order valence-electron chi connectivity index (χ0n) is 27.0. The number of Topliss-reactive ketones (excluding diaryl/α,β-unsaturated/α-hetero) is 1. The molecule has 3 amide bonds. The Morgan fingerprint density at radius 2 is 1.52 bits per heavy atom. The van der Waals surface area contributed by atoms with E-state index < -0.39 is 66.5 Å². The highest BCUT2D eigenvalue weighted by Crippen LogP contribution is 2.35. The number of halogens is 3. The molecule has 0 aliphatic heterocycles. The summed E-state index contributed by atoms with van der Waals surface area (Å²) in [6.45, 7) is 3.02. The van der Waals surface area contributed by atoms with Crippen molar-refractivity contribution >= 4 is 64.3 Å². The number of aliphatic carboxylic acids is 1. The molecule has 50 heavy (non-hydrogen) atoms. The van der Waals surface area contributed by atoms with Gasteiger partial charge in [0.05, 0.1) is 34.8 Å². The van der Waals surface area contributed by atoms with Crippen molar-refractivity contribution in [2.45, 2.75) is 51.2 Å². The number of ketones is 1. The second kappa shape index (κ2) is 15.9. The number of benzene rings is 3. The van der Waals surface area contributed by atoms with Crippen LogP contribution in [-0.4, -0.2) is 69.1 Å². The number of hydrogen-bond acceptors (Lipinski definition) is 7. The first kappa shape index (κ1) is 36.6. The summed E-state index contributed by atoms with van der Waals surface area (Å²) in [6.07, 6.45) is 1.34. The molecule has 1 aromatic heterocycles. The number of nitrogens with one attached hydrogen (secondary N) is 2. The minimum Gasteiger partial charge on any atom is -0.481 e. The lowest BCUT2D eigenvalue weighted by atomic mass is 10.00. The highest BCUT2D eigenvalue weighted by atomic mass is 35.5. The summed E-state index contributed by atoms with van der Waals surface area (Å²) in [6, 6.07) is 15.6. The van der Waals surface area contributed by atoms with Crippen molar-refractivity contribution in [3.05, 3.63) is 111 Å². The van der Waals surface area contributed by atoms with E-state index in [1.54, 1.807) is 44.2 Å². The maximum atomic E-state index is 14.3. The third-order valence-electron chi connectivity index (χ3n) is 8.35. The van der Waals surface area contributed by atoms with Gasteiger partial charge in [0.15, 0.2) is 5.76 Å². The van der Waals surface area contributed by atoms with Crippen LogP contribution in [0.3, 0.4) is 0 Å². The van der Waals surface area contributed by atoms with Crippen LogP contribution in [0.2, 0.25) is 15.1 Å². The van der Waals surface area contributed by atoms with Crippen molar-refractivity contribution in [3.63, 3.8) is 0 Å². The lowest BCUT2D eigenvalue weighted by Crippen LogP contribution is -2.57. The van der Waals surface area contributed by atoms with E-state index in [1.165, 1.54) is 23.2 Å². The first-order chi connectivity index (χ1) is 23.8. The Bertz CT molecular complexity index is 1880. The zero-order chi connectivity index (χ0) is 36.1. The van der Waals surface area contributed by atoms with Crippen molar-refractivity contribution < 1.29 is 33.5 Å². The summed E-state index contributed by atoms with van der Waals surface area (Å²) < 4.78 is 5.63. The van der Waals surface area contributed by atoms with Gasteiger partial charge < -0.3 is 25.1 Å². The molecule has 0 saturated carbocycles. The fourth-order valence-corrected chi connectivity index (χ4v) is 6.54. The summed E-state index contributed by atoms with van der Waals surface area (Å²) in [4.78, 5) is 71.8. The number of hydrogen-bond donors (Lipinski definition) is 3. The number of carboxylic acids is 1. The van der Waals surface area contributed by atoms with E-state index >= 15 is 0 Å². The Morgan fingerprint density at radius 1 is 0.900 bits per heavy atom. The van der Waals surface area contributed by atoms with Gasteiger partial charge in [-0.25, -0.2) is 4.98 Å². The SMILES string of the molecule is CC(C)[C@H](NC(=O)c1ccc(Cl)cc1)C(=O)N(CC(=O)N[C@@H](CC(=O)O)C(=O)c1ncc(-c2c(Cl)cccc2Cl)o1)C1Cc2ccccc2C1. The number of oxazole rings is 1. The first-order valence-corrected chi connectivity index (χ1v) is 16.8. The third kappa shape index (κ3) is 8.53. The Hall–Kier alpha value is -4.71. The Kier molecular flexibility index (Phi) is 11.6. The highest BCUT2D eigenvalue weighted by Gasteiger charge is 2.38. The number of carbonyl (C=O) groups excluding carboxylic acids is 4. The molecule has 2 atom stereocenters. The Balaban J connectivity index is 1.38. The quantitative estimate of drug-likeness (QED) is 0.143. The van der Waals surface area contributed by atoms with Gasteiger partial charge in [0.25, 0.3) is 11.8 Å². The summed E-state index contributed by atoms with van der Waals surface area (Å²) >= 11 is 18.5. The second-order valence-corrected chi connectivity index (χ2v) is 13.5. The molecule has 3 aromatic carbocycles. The molecule has 0 saturated heterocycles. The second-order valence-electron chi connectivity index (χ2n) is 12.2. The molecule has 3 N–H and O–H groups in total. The average molecular weight is 740 g/mol. The number of carbonyl (C=O) groups is 5. The largest absolute Gasteiger partial charge is 0.481 e. The van der Waals surface area contributed by atoms with E-state index in [0.29, 0.717) is 23.4 Å². The molecule has 1 aliphatic rings. The average Bonchev–Trinajstić information content (AvgIpc) is 3.73. The van der Waals surface area contributed by atoms with Crippen LogP contribution in [0.5, 0.6) is 0 Å². The minimum absolute atomic E-state index is 0.0716. The molecule has 1 heterocycles. The van der Waals surface area contributed by atoms with Crippen LogP contribution in [0.15, 0.2) is 77.3 Å². The topological polar surface area (TPSA) is 159 Å². The molecule has 4 aromatic rings. The van der Waals surface area contributed by atoms with Gasteiger partial charge in [-0.15, -0.1) is 0 Å². The predicted molar refractivity (Wildman–Crippen MR) is 187 cm³/mol. The Morgan fingerprint density at radius 3 is 2.10 bits per heavy atom. The maximum Gasteiger partial charge on any atom is 0.305 e. The first-order valence-electron chi connectivity index (χ1n) is 15.7. The highest BCUT2D eigenvalue weighted by molar-refractivity contribution is 6.39. The fraction of sp³-hybridized carbons (Fsp3) is 0.278. The molecule has 5 rings (SSSR count). The van der Waals surface area contributed by atoms with E-state index in [2.05, 4.69) is 15.6 Å². The van der Waals surface area contributed by atoms with E-state index in [-0.39, 0.29) is 27.3 Å². The fourth-order valence-electron chi connectivity index (χ4n) is 5.83. The van der Waals surface area contributed by atoms with Gasteiger partial charge in [0, 0.05) is 16.6 Å². The van der Waals surface area contributed by atoms with Gasteiger partial charge in [-0.3, -0.25) is 24.0 Å². The van der Waals surface area contributed by atoms with Crippen molar-refractivity contribution in [2.24, 2.45) is 5.92 Å². The van der Waals surface area contributed by atoms with Gasteiger partial charge in [-0.2, -0.15) is 0 Å². The summed E-state index contributed by atoms with van der Waals surface area (Å²) in [5.41, 5.74) is 2.61. The number of fused-ring (bicyclic) bond motifs is 1. The van der Waals surface area contributed by atoms with Crippen molar-refractivity contribution in [2.75, 3.05) is 6.54 Å². The summed E-state index contributed by atoms with van der Waals surface area (Å²) in [5.74, 6) is -4.84. The van der Waals surface area contributed by atoms with Gasteiger partial charge in [0.2, 0.25) is 17.6 Å². The number of nitrogens with zero attached hydrogens (tertiary/aromatic N) is 2. The molecule has 0 fully saturated rings. The molecule has 11 nitrogen and oxygen atoms in total. The van der Waals surface area contributed by atoms with Crippen LogP contribution in [0.4, 0.5) is 0 Å². The molecular formula is C36H33Cl3N4O7. The minimum atomic E-state index is -1.59. The zero-order valence-corrected chi connectivity index (χ0v) is 29.3. The summed E-state index contributed by atoms with van der Waals surface area (Å²) in [7, 11) is 0. The number of amides is 3. The monoisotopic (exact) mass is 738 g/mol. The van der Waals surface area contributed by atoms with Crippen LogP contribution in [-0.2, 0) is 27.2 Å². The van der Waals surface area contributed by atoms with Crippen LogP contribution in [0.1, 0.15) is 52.4 Å². The molecular weight excluding hydrogens is 707 g/mol. The molecule has 0 spiro atoms. The molecule has 14 heteroatoms. The van der Waals surface area contributed by atoms with Crippen molar-refractivity contribution in [1.29, 1.82) is 0 Å². The maximum absolute atomic E-state index is 14.3. The van der Waals surface area contributed by atoms with Crippen LogP contribution >= 0.6 is 34.8 Å². The third-order valence-corrected chi connectivity index (χ3v) is 9.23. The van der Waals surface area contributed by atoms with Crippen LogP contribution in [0.25, 0.3) is 11.3 Å². The van der Waals surface area contributed by atoms with Crippen molar-refractivity contribution in [3.8, 4) is 11.3 Å². The van der Waals surface area contributed by atoms with E-state index in [4.69, 9.17) is 39.2 Å². The summed E-state index contributed by atoms with van der Waals surface area (Å²) in [5, 5.41) is 15.8. The Labute approximate surface area is 302 Å². The predicted octanol–water partition coefficient (Wildman–Crippen LogP) is 5.89. The number of aromatic nitrogens is 1. The molecule has 1 aliphatic carbocycles. The lowest BCUT2D eigenvalue weighted by molar-refractivity contribution is -0.141. The van der Waals surface area contributed by atoms with Crippen LogP contribution in [0, 0.1) is 5.92 Å². The number of rotatable bonds is 13. The van der Waals surface area contributed by atoms with Crippen molar-refractivity contribution in [1.82, 2.24) is 20.5 Å². The molecule has 0 radical (unpaired) electrons. The van der Waals surface area contributed by atoms with E-state index in [9.17, 15) is 29.1 Å². The molecule has 260 valence electrons.